The van der Waals surface area contributed by atoms with E-state index in [4.69, 9.17) is 0 Å². The summed E-state index contributed by atoms with van der Waals surface area (Å²) >= 11 is 0. The van der Waals surface area contributed by atoms with E-state index in [9.17, 15) is 53.5 Å². The van der Waals surface area contributed by atoms with Crippen molar-refractivity contribution in [2.75, 3.05) is 10.6 Å². The fourth-order valence-electron chi connectivity index (χ4n) is 2.57. The molecule has 3 aromatic rings. The Labute approximate surface area is 181 Å². The van der Waals surface area contributed by atoms with E-state index in [-0.39, 0.29) is 0 Å². The van der Waals surface area contributed by atoms with Crippen molar-refractivity contribution >= 4 is 23.2 Å². The summed E-state index contributed by atoms with van der Waals surface area (Å²) in [7, 11) is 0. The van der Waals surface area contributed by atoms with E-state index in [0.29, 0.717) is 0 Å². The van der Waals surface area contributed by atoms with Crippen molar-refractivity contribution in [3.05, 3.63) is 93.6 Å². The molecular formula is C20H6F10N2O2. The predicted octanol–water partition coefficient (Wildman–Crippen LogP) is 5.58. The molecule has 0 saturated heterocycles. The second-order valence-corrected chi connectivity index (χ2v) is 6.38. The average molecular weight is 496 g/mol. The number of carbonyl (C=O) groups is 2. The van der Waals surface area contributed by atoms with Crippen molar-refractivity contribution in [3.8, 4) is 0 Å². The molecule has 0 fully saturated rings. The van der Waals surface area contributed by atoms with Crippen LogP contribution in [-0.4, -0.2) is 11.8 Å². The van der Waals surface area contributed by atoms with Crippen LogP contribution in [0, 0.1) is 58.2 Å². The van der Waals surface area contributed by atoms with Crippen molar-refractivity contribution < 1.29 is 53.5 Å². The van der Waals surface area contributed by atoms with Crippen LogP contribution < -0.4 is 10.6 Å². The predicted molar refractivity (Wildman–Crippen MR) is 94.8 cm³/mol. The third-order valence-electron chi connectivity index (χ3n) is 4.31. The second-order valence-electron chi connectivity index (χ2n) is 6.38. The summed E-state index contributed by atoms with van der Waals surface area (Å²) in [5.41, 5.74) is -4.24. The maximum Gasteiger partial charge on any atom is 0.255 e. The Balaban J connectivity index is 1.83. The van der Waals surface area contributed by atoms with E-state index >= 15 is 0 Å². The third kappa shape index (κ3) is 4.13. The highest BCUT2D eigenvalue weighted by Gasteiger charge is 2.28. The molecule has 0 spiro atoms. The zero-order chi connectivity index (χ0) is 25.5. The Bertz CT molecular complexity index is 1180. The van der Waals surface area contributed by atoms with Gasteiger partial charge >= 0.3 is 0 Å². The molecule has 0 atom stereocenters. The van der Waals surface area contributed by atoms with Crippen LogP contribution >= 0.6 is 0 Å². The fourth-order valence-corrected chi connectivity index (χ4v) is 2.57. The van der Waals surface area contributed by atoms with Crippen molar-refractivity contribution in [3.63, 3.8) is 0 Å². The van der Waals surface area contributed by atoms with Gasteiger partial charge in [0.05, 0.1) is 0 Å². The Morgan fingerprint density at radius 2 is 0.618 bits per heavy atom. The third-order valence-corrected chi connectivity index (χ3v) is 4.31. The minimum Gasteiger partial charge on any atom is -0.317 e. The lowest BCUT2D eigenvalue weighted by Crippen LogP contribution is -2.18. The SMILES string of the molecule is O=C(Nc1c(F)c(F)c(F)c(F)c1F)c1ccc(C(=O)Nc2c(F)c(F)c(F)c(F)c2F)cc1. The number of anilines is 2. The van der Waals surface area contributed by atoms with Crippen LogP contribution in [0.2, 0.25) is 0 Å². The number of halogens is 10. The molecule has 34 heavy (non-hydrogen) atoms. The first-order chi connectivity index (χ1) is 15.9. The Hall–Kier alpha value is -4.10. The van der Waals surface area contributed by atoms with Gasteiger partial charge < -0.3 is 10.6 Å². The minimum atomic E-state index is -2.45. The summed E-state index contributed by atoms with van der Waals surface area (Å²) in [6, 6.07) is 3.20. The van der Waals surface area contributed by atoms with Gasteiger partial charge in [0, 0.05) is 11.1 Å². The van der Waals surface area contributed by atoms with E-state index in [1.807, 2.05) is 0 Å². The summed E-state index contributed by atoms with van der Waals surface area (Å²) in [6.07, 6.45) is 0. The first-order valence-corrected chi connectivity index (χ1v) is 8.62. The molecule has 0 aliphatic rings. The van der Waals surface area contributed by atoms with Crippen molar-refractivity contribution in [1.29, 1.82) is 0 Å². The van der Waals surface area contributed by atoms with E-state index in [0.717, 1.165) is 24.3 Å². The number of benzene rings is 3. The zero-order valence-electron chi connectivity index (χ0n) is 15.9. The second kappa shape index (κ2) is 9.03. The highest BCUT2D eigenvalue weighted by Crippen LogP contribution is 2.29. The van der Waals surface area contributed by atoms with Crippen molar-refractivity contribution in [2.24, 2.45) is 0 Å². The van der Waals surface area contributed by atoms with Crippen LogP contribution in [0.5, 0.6) is 0 Å². The Kier molecular flexibility index (Phi) is 6.52. The molecule has 0 unspecified atom stereocenters. The Morgan fingerprint density at radius 3 is 0.853 bits per heavy atom. The molecule has 2 N–H and O–H groups in total. The van der Waals surface area contributed by atoms with E-state index in [1.54, 1.807) is 0 Å². The van der Waals surface area contributed by atoms with Gasteiger partial charge in [-0.25, -0.2) is 43.9 Å². The first kappa shape index (κ1) is 24.5. The summed E-state index contributed by atoms with van der Waals surface area (Å²) in [6.45, 7) is 0. The van der Waals surface area contributed by atoms with Crippen molar-refractivity contribution in [1.82, 2.24) is 0 Å². The van der Waals surface area contributed by atoms with Gasteiger partial charge in [0.1, 0.15) is 11.4 Å². The summed E-state index contributed by atoms with van der Waals surface area (Å²) in [4.78, 5) is 24.2. The maximum absolute atomic E-state index is 13.7. The molecule has 3 rings (SSSR count). The first-order valence-electron chi connectivity index (χ1n) is 8.62. The normalized spacial score (nSPS) is 10.9. The monoisotopic (exact) mass is 496 g/mol. The molecule has 3 aromatic carbocycles. The molecule has 0 bridgehead atoms. The lowest BCUT2D eigenvalue weighted by Gasteiger charge is -2.11. The topological polar surface area (TPSA) is 58.2 Å². The van der Waals surface area contributed by atoms with Crippen LogP contribution in [-0.2, 0) is 0 Å². The molecule has 178 valence electrons. The lowest BCUT2D eigenvalue weighted by atomic mass is 10.1. The van der Waals surface area contributed by atoms with Crippen LogP contribution in [0.4, 0.5) is 55.3 Å². The van der Waals surface area contributed by atoms with Gasteiger partial charge in [-0.3, -0.25) is 9.59 Å². The van der Waals surface area contributed by atoms with Gasteiger partial charge in [-0.2, -0.15) is 0 Å². The standard InChI is InChI=1S/C20H6F10N2O2/c21-7-9(23)13(27)17(14(28)10(7)24)31-19(33)5-1-2-6(4-3-5)20(34)32-18-15(29)11(25)8(22)12(26)16(18)30/h1-4H,(H,31,33)(H,32,34). The lowest BCUT2D eigenvalue weighted by molar-refractivity contribution is 0.101. The summed E-state index contributed by atoms with van der Waals surface area (Å²) in [5.74, 6) is -26.2. The number of hydrogen-bond donors (Lipinski definition) is 2. The van der Waals surface area contributed by atoms with Gasteiger partial charge in [-0.1, -0.05) is 0 Å². The number of nitrogens with one attached hydrogen (secondary N) is 2. The van der Waals surface area contributed by atoms with E-state index in [1.165, 1.54) is 10.6 Å². The highest BCUT2D eigenvalue weighted by molar-refractivity contribution is 6.07. The molecule has 0 saturated carbocycles. The highest BCUT2D eigenvalue weighted by atomic mass is 19.2. The summed E-state index contributed by atoms with van der Waals surface area (Å²) in [5, 5.41) is 2.94. The van der Waals surface area contributed by atoms with Crippen LogP contribution in [0.25, 0.3) is 0 Å². The van der Waals surface area contributed by atoms with Gasteiger partial charge in [0.25, 0.3) is 11.8 Å². The van der Waals surface area contributed by atoms with Gasteiger partial charge in [0.2, 0.25) is 11.6 Å². The smallest absolute Gasteiger partial charge is 0.255 e. The van der Waals surface area contributed by atoms with Crippen molar-refractivity contribution in [2.45, 2.75) is 0 Å². The molecule has 0 aliphatic carbocycles. The molecule has 0 aliphatic heterocycles. The average Bonchev–Trinajstić information content (AvgIpc) is 2.84. The quantitative estimate of drug-likeness (QED) is 0.282. The number of rotatable bonds is 4. The Morgan fingerprint density at radius 1 is 0.412 bits per heavy atom. The fraction of sp³-hybridized carbons (Fsp3) is 0. The largest absolute Gasteiger partial charge is 0.317 e. The molecule has 4 nitrogen and oxygen atoms in total. The molecule has 2 amide bonds. The van der Waals surface area contributed by atoms with Crippen LogP contribution in [0.1, 0.15) is 20.7 Å². The molecule has 0 aromatic heterocycles. The van der Waals surface area contributed by atoms with Gasteiger partial charge in [0.15, 0.2) is 46.5 Å². The zero-order valence-corrected chi connectivity index (χ0v) is 15.9. The number of hydrogen-bond acceptors (Lipinski definition) is 2. The van der Waals surface area contributed by atoms with Gasteiger partial charge in [-0.15, -0.1) is 0 Å². The molecule has 0 radical (unpaired) electrons. The van der Waals surface area contributed by atoms with Crippen LogP contribution in [0.3, 0.4) is 0 Å². The molecular weight excluding hydrogens is 490 g/mol. The van der Waals surface area contributed by atoms with E-state index in [2.05, 4.69) is 0 Å². The summed E-state index contributed by atoms with van der Waals surface area (Å²) < 4.78 is 134. The van der Waals surface area contributed by atoms with E-state index < -0.39 is 92.5 Å². The molecule has 0 heterocycles. The maximum atomic E-state index is 13.7. The van der Waals surface area contributed by atoms with Crippen LogP contribution in [0.15, 0.2) is 24.3 Å². The number of carbonyl (C=O) groups excluding carboxylic acids is 2. The number of amides is 2. The minimum absolute atomic E-state index is 0.475. The molecule has 14 heteroatoms. The van der Waals surface area contributed by atoms with Gasteiger partial charge in [-0.05, 0) is 24.3 Å².